The Morgan fingerprint density at radius 2 is 2.06 bits per heavy atom. The minimum Gasteiger partial charge on any atom is -0.467 e. The first kappa shape index (κ1) is 12.9. The van der Waals surface area contributed by atoms with Gasteiger partial charge in [0.15, 0.2) is 0 Å². The maximum absolute atomic E-state index is 11.6. The van der Waals surface area contributed by atoms with E-state index in [1.807, 2.05) is 0 Å². The first-order valence-corrected chi connectivity index (χ1v) is 5.43. The van der Waals surface area contributed by atoms with Crippen LogP contribution in [0.5, 0.6) is 0 Å². The van der Waals surface area contributed by atoms with Gasteiger partial charge in [-0.3, -0.25) is 9.69 Å². The Morgan fingerprint density at radius 3 is 2.62 bits per heavy atom. The summed E-state index contributed by atoms with van der Waals surface area (Å²) in [4.78, 5) is 24.7. The molecule has 1 heterocycles. The highest BCUT2D eigenvalue weighted by Crippen LogP contribution is 1.92. The fourth-order valence-electron chi connectivity index (χ4n) is 1.60. The molecular formula is C10H19N3O3. The number of hydrogen-bond donors (Lipinski definition) is 2. The van der Waals surface area contributed by atoms with Crippen LogP contribution in [-0.4, -0.2) is 62.7 Å². The zero-order valence-corrected chi connectivity index (χ0v) is 9.78. The number of hydrogen-bond acceptors (Lipinski definition) is 5. The average molecular weight is 229 g/mol. The van der Waals surface area contributed by atoms with E-state index in [0.29, 0.717) is 6.54 Å². The average Bonchev–Trinajstić information content (AvgIpc) is 2.29. The molecule has 1 atom stereocenters. The molecule has 1 amide bonds. The van der Waals surface area contributed by atoms with Crippen molar-refractivity contribution in [2.45, 2.75) is 13.0 Å². The largest absolute Gasteiger partial charge is 0.467 e. The monoisotopic (exact) mass is 229 g/mol. The second-order valence-corrected chi connectivity index (χ2v) is 3.84. The summed E-state index contributed by atoms with van der Waals surface area (Å²) in [6.07, 6.45) is 0. The molecule has 0 bridgehead atoms. The summed E-state index contributed by atoms with van der Waals surface area (Å²) in [5.74, 6) is -0.562. The topological polar surface area (TPSA) is 70.7 Å². The molecular weight excluding hydrogens is 210 g/mol. The van der Waals surface area contributed by atoms with Crippen LogP contribution in [0.2, 0.25) is 0 Å². The molecule has 6 nitrogen and oxygen atoms in total. The second-order valence-electron chi connectivity index (χ2n) is 3.84. The first-order chi connectivity index (χ1) is 7.63. The summed E-state index contributed by atoms with van der Waals surface area (Å²) in [5.41, 5.74) is 0. The van der Waals surface area contributed by atoms with Crippen LogP contribution >= 0.6 is 0 Å². The highest BCUT2D eigenvalue weighted by molar-refractivity contribution is 5.85. The summed E-state index contributed by atoms with van der Waals surface area (Å²) < 4.78 is 4.53. The number of carbonyl (C=O) groups is 2. The zero-order chi connectivity index (χ0) is 12.0. The van der Waals surface area contributed by atoms with E-state index in [4.69, 9.17) is 0 Å². The normalized spacial score (nSPS) is 18.9. The molecule has 92 valence electrons. The van der Waals surface area contributed by atoms with Crippen LogP contribution in [0.15, 0.2) is 0 Å². The lowest BCUT2D eigenvalue weighted by molar-refractivity contribution is -0.144. The predicted octanol–water partition coefficient (Wildman–Crippen LogP) is -1.43. The third-order valence-corrected chi connectivity index (χ3v) is 2.51. The third-order valence-electron chi connectivity index (χ3n) is 2.51. The minimum atomic E-state index is -0.583. The van der Waals surface area contributed by atoms with Crippen LogP contribution in [0.1, 0.15) is 6.92 Å². The molecule has 16 heavy (non-hydrogen) atoms. The van der Waals surface area contributed by atoms with Gasteiger partial charge in [-0.05, 0) is 6.92 Å². The molecule has 1 unspecified atom stereocenters. The van der Waals surface area contributed by atoms with Crippen LogP contribution in [0.4, 0.5) is 0 Å². The second kappa shape index (κ2) is 6.44. The lowest BCUT2D eigenvalue weighted by atomic mass is 10.3. The molecule has 1 saturated heterocycles. The Morgan fingerprint density at radius 1 is 1.44 bits per heavy atom. The highest BCUT2D eigenvalue weighted by atomic mass is 16.5. The van der Waals surface area contributed by atoms with Gasteiger partial charge in [0.25, 0.3) is 0 Å². The standard InChI is InChI=1S/C10H19N3O3/c1-8(10(15)16-2)12-9(14)7-13-5-3-11-4-6-13/h8,11H,3-7H2,1-2H3,(H,12,14). The van der Waals surface area contributed by atoms with Crippen LogP contribution < -0.4 is 10.6 Å². The van der Waals surface area contributed by atoms with Gasteiger partial charge in [-0.2, -0.15) is 0 Å². The molecule has 0 aromatic heterocycles. The molecule has 0 spiro atoms. The quantitative estimate of drug-likeness (QED) is 0.578. The number of carbonyl (C=O) groups excluding carboxylic acids is 2. The molecule has 6 heteroatoms. The molecule has 1 aliphatic heterocycles. The summed E-state index contributed by atoms with van der Waals surface area (Å²) >= 11 is 0. The van der Waals surface area contributed by atoms with Crippen molar-refractivity contribution < 1.29 is 14.3 Å². The van der Waals surface area contributed by atoms with Gasteiger partial charge in [0.1, 0.15) is 6.04 Å². The number of nitrogens with zero attached hydrogens (tertiary/aromatic N) is 1. The van der Waals surface area contributed by atoms with Crippen molar-refractivity contribution in [1.82, 2.24) is 15.5 Å². The van der Waals surface area contributed by atoms with Crippen molar-refractivity contribution in [2.24, 2.45) is 0 Å². The van der Waals surface area contributed by atoms with Crippen molar-refractivity contribution in [2.75, 3.05) is 39.8 Å². The van der Waals surface area contributed by atoms with Crippen molar-refractivity contribution in [3.8, 4) is 0 Å². The summed E-state index contributed by atoms with van der Waals surface area (Å²) in [6.45, 7) is 5.48. The van der Waals surface area contributed by atoms with E-state index in [2.05, 4.69) is 20.3 Å². The van der Waals surface area contributed by atoms with E-state index >= 15 is 0 Å². The highest BCUT2D eigenvalue weighted by Gasteiger charge is 2.18. The van der Waals surface area contributed by atoms with Crippen LogP contribution in [0.25, 0.3) is 0 Å². The smallest absolute Gasteiger partial charge is 0.328 e. The predicted molar refractivity (Wildman–Crippen MR) is 58.9 cm³/mol. The number of piperazine rings is 1. The Bertz CT molecular complexity index is 252. The minimum absolute atomic E-state index is 0.139. The van der Waals surface area contributed by atoms with Gasteiger partial charge in [-0.25, -0.2) is 4.79 Å². The van der Waals surface area contributed by atoms with Gasteiger partial charge >= 0.3 is 5.97 Å². The maximum atomic E-state index is 11.6. The number of methoxy groups -OCH3 is 1. The third kappa shape index (κ3) is 4.16. The van der Waals surface area contributed by atoms with Gasteiger partial charge < -0.3 is 15.4 Å². The lowest BCUT2D eigenvalue weighted by Gasteiger charge is -2.26. The van der Waals surface area contributed by atoms with Crippen LogP contribution in [0.3, 0.4) is 0 Å². The van der Waals surface area contributed by atoms with E-state index < -0.39 is 12.0 Å². The summed E-state index contributed by atoms with van der Waals surface area (Å²) in [5, 5.41) is 5.81. The Balaban J connectivity index is 2.26. The SMILES string of the molecule is COC(=O)C(C)NC(=O)CN1CCNCC1. The molecule has 1 aliphatic rings. The number of ether oxygens (including phenoxy) is 1. The van der Waals surface area contributed by atoms with Gasteiger partial charge in [0, 0.05) is 26.2 Å². The maximum Gasteiger partial charge on any atom is 0.328 e. The van der Waals surface area contributed by atoms with Crippen LogP contribution in [-0.2, 0) is 14.3 Å². The molecule has 0 radical (unpaired) electrons. The van der Waals surface area contributed by atoms with Crippen molar-refractivity contribution in [1.29, 1.82) is 0 Å². The van der Waals surface area contributed by atoms with Gasteiger partial charge in [0.05, 0.1) is 13.7 Å². The van der Waals surface area contributed by atoms with E-state index in [1.165, 1.54) is 7.11 Å². The molecule has 0 aromatic rings. The lowest BCUT2D eigenvalue weighted by Crippen LogP contribution is -2.49. The summed E-state index contributed by atoms with van der Waals surface area (Å²) in [7, 11) is 1.31. The summed E-state index contributed by atoms with van der Waals surface area (Å²) in [6, 6.07) is -0.583. The van der Waals surface area contributed by atoms with Gasteiger partial charge in [0.2, 0.25) is 5.91 Å². The molecule has 1 rings (SSSR count). The van der Waals surface area contributed by atoms with Crippen molar-refractivity contribution in [3.05, 3.63) is 0 Å². The fourth-order valence-corrected chi connectivity index (χ4v) is 1.60. The Hall–Kier alpha value is -1.14. The van der Waals surface area contributed by atoms with E-state index in [-0.39, 0.29) is 5.91 Å². The Labute approximate surface area is 95.3 Å². The molecule has 0 aromatic carbocycles. The molecule has 0 saturated carbocycles. The van der Waals surface area contributed by atoms with Gasteiger partial charge in [-0.15, -0.1) is 0 Å². The van der Waals surface area contributed by atoms with E-state index in [9.17, 15) is 9.59 Å². The van der Waals surface area contributed by atoms with Crippen LogP contribution in [0, 0.1) is 0 Å². The fraction of sp³-hybridized carbons (Fsp3) is 0.800. The number of esters is 1. The first-order valence-electron chi connectivity index (χ1n) is 5.43. The van der Waals surface area contributed by atoms with Crippen molar-refractivity contribution in [3.63, 3.8) is 0 Å². The van der Waals surface area contributed by atoms with Gasteiger partial charge in [-0.1, -0.05) is 0 Å². The Kier molecular flexibility index (Phi) is 5.21. The molecule has 0 aliphatic carbocycles. The molecule has 2 N–H and O–H groups in total. The number of nitrogens with one attached hydrogen (secondary N) is 2. The number of rotatable bonds is 4. The van der Waals surface area contributed by atoms with E-state index in [0.717, 1.165) is 26.2 Å². The number of amides is 1. The molecule has 1 fully saturated rings. The zero-order valence-electron chi connectivity index (χ0n) is 9.78. The van der Waals surface area contributed by atoms with E-state index in [1.54, 1.807) is 6.92 Å². The van der Waals surface area contributed by atoms with Crippen molar-refractivity contribution >= 4 is 11.9 Å².